The number of methoxy groups -OCH3 is 1. The molecule has 4 heteroatoms. The number of hydrogen-bond donors (Lipinski definition) is 2. The van der Waals surface area contributed by atoms with Crippen LogP contribution in [0.3, 0.4) is 0 Å². The minimum absolute atomic E-state index is 0.809. The standard InChI is InChI=1S/C6H15N3O/c1-10-3-2-9-5-7-4-8-6-9/h7-8H,2-6H2,1H3. The molecule has 0 amide bonds. The minimum atomic E-state index is 0.809. The highest BCUT2D eigenvalue weighted by atomic mass is 16.5. The highest BCUT2D eigenvalue weighted by Crippen LogP contribution is 1.85. The van der Waals surface area contributed by atoms with E-state index in [-0.39, 0.29) is 0 Å². The molecule has 1 aliphatic rings. The van der Waals surface area contributed by atoms with Gasteiger partial charge in [0.05, 0.1) is 19.9 Å². The van der Waals surface area contributed by atoms with Crippen molar-refractivity contribution in [1.29, 1.82) is 0 Å². The molecule has 0 aromatic carbocycles. The van der Waals surface area contributed by atoms with Gasteiger partial charge in [-0.2, -0.15) is 0 Å². The summed E-state index contributed by atoms with van der Waals surface area (Å²) in [6.07, 6.45) is 0. The lowest BCUT2D eigenvalue weighted by molar-refractivity contribution is 0.121. The van der Waals surface area contributed by atoms with Crippen LogP contribution >= 0.6 is 0 Å². The summed E-state index contributed by atoms with van der Waals surface area (Å²) in [5.41, 5.74) is 0. The molecule has 1 saturated heterocycles. The van der Waals surface area contributed by atoms with E-state index in [2.05, 4.69) is 15.5 Å². The topological polar surface area (TPSA) is 36.5 Å². The van der Waals surface area contributed by atoms with Crippen molar-refractivity contribution in [2.45, 2.75) is 0 Å². The molecule has 0 spiro atoms. The highest BCUT2D eigenvalue weighted by Gasteiger charge is 2.06. The van der Waals surface area contributed by atoms with Crippen LogP contribution in [0.25, 0.3) is 0 Å². The maximum Gasteiger partial charge on any atom is 0.0590 e. The Morgan fingerprint density at radius 3 is 2.70 bits per heavy atom. The molecular formula is C6H15N3O. The fourth-order valence-corrected chi connectivity index (χ4v) is 0.951. The van der Waals surface area contributed by atoms with Crippen LogP contribution in [0.4, 0.5) is 0 Å². The molecule has 0 aromatic rings. The molecular weight excluding hydrogens is 130 g/mol. The fourth-order valence-electron chi connectivity index (χ4n) is 0.951. The maximum atomic E-state index is 4.95. The molecule has 0 aliphatic carbocycles. The van der Waals surface area contributed by atoms with Gasteiger partial charge in [0.25, 0.3) is 0 Å². The van der Waals surface area contributed by atoms with Crippen molar-refractivity contribution < 1.29 is 4.74 Å². The Bertz CT molecular complexity index is 83.1. The lowest BCUT2D eigenvalue weighted by atomic mass is 10.5. The van der Waals surface area contributed by atoms with Crippen molar-refractivity contribution in [3.8, 4) is 0 Å². The van der Waals surface area contributed by atoms with E-state index >= 15 is 0 Å². The van der Waals surface area contributed by atoms with Gasteiger partial charge >= 0.3 is 0 Å². The highest BCUT2D eigenvalue weighted by molar-refractivity contribution is 4.59. The largest absolute Gasteiger partial charge is 0.383 e. The van der Waals surface area contributed by atoms with Gasteiger partial charge < -0.3 is 4.74 Å². The van der Waals surface area contributed by atoms with Crippen molar-refractivity contribution >= 4 is 0 Å². The van der Waals surface area contributed by atoms with Crippen LogP contribution in [0.2, 0.25) is 0 Å². The predicted molar refractivity (Wildman–Crippen MR) is 39.5 cm³/mol. The average molecular weight is 145 g/mol. The van der Waals surface area contributed by atoms with Gasteiger partial charge in [0.1, 0.15) is 0 Å². The molecule has 1 aliphatic heterocycles. The van der Waals surface area contributed by atoms with Gasteiger partial charge in [-0.25, -0.2) is 0 Å². The van der Waals surface area contributed by atoms with Crippen LogP contribution < -0.4 is 10.6 Å². The van der Waals surface area contributed by atoms with E-state index in [1.54, 1.807) is 7.11 Å². The first-order valence-corrected chi connectivity index (χ1v) is 3.56. The Morgan fingerprint density at radius 2 is 2.10 bits per heavy atom. The van der Waals surface area contributed by atoms with Gasteiger partial charge in [-0.1, -0.05) is 0 Å². The molecule has 1 heterocycles. The SMILES string of the molecule is COCCN1CNCNC1. The zero-order valence-electron chi connectivity index (χ0n) is 6.39. The molecule has 0 aromatic heterocycles. The van der Waals surface area contributed by atoms with Gasteiger partial charge in [0.15, 0.2) is 0 Å². The molecule has 0 atom stereocenters. The van der Waals surface area contributed by atoms with Crippen LogP contribution in [0.5, 0.6) is 0 Å². The van der Waals surface area contributed by atoms with E-state index in [9.17, 15) is 0 Å². The summed E-state index contributed by atoms with van der Waals surface area (Å²) < 4.78 is 4.95. The second kappa shape index (κ2) is 4.62. The zero-order chi connectivity index (χ0) is 7.23. The molecule has 2 N–H and O–H groups in total. The first-order chi connectivity index (χ1) is 4.93. The molecule has 1 rings (SSSR count). The quantitative estimate of drug-likeness (QED) is 0.534. The lowest BCUT2D eigenvalue weighted by Crippen LogP contribution is -2.51. The third kappa shape index (κ3) is 2.62. The molecule has 10 heavy (non-hydrogen) atoms. The van der Waals surface area contributed by atoms with Gasteiger partial charge in [0, 0.05) is 20.3 Å². The average Bonchev–Trinajstić information content (AvgIpc) is 2.03. The number of hydrogen-bond acceptors (Lipinski definition) is 4. The zero-order valence-corrected chi connectivity index (χ0v) is 6.39. The van der Waals surface area contributed by atoms with E-state index < -0.39 is 0 Å². The van der Waals surface area contributed by atoms with Crippen molar-refractivity contribution in [3.63, 3.8) is 0 Å². The van der Waals surface area contributed by atoms with Crippen LogP contribution in [-0.2, 0) is 4.74 Å². The van der Waals surface area contributed by atoms with Crippen molar-refractivity contribution in [3.05, 3.63) is 0 Å². The van der Waals surface area contributed by atoms with Gasteiger partial charge in [0.2, 0.25) is 0 Å². The summed E-state index contributed by atoms with van der Waals surface area (Å²) in [7, 11) is 1.73. The van der Waals surface area contributed by atoms with Crippen LogP contribution in [0.15, 0.2) is 0 Å². The first-order valence-electron chi connectivity index (χ1n) is 3.56. The summed E-state index contributed by atoms with van der Waals surface area (Å²) >= 11 is 0. The van der Waals surface area contributed by atoms with E-state index in [1.165, 1.54) is 0 Å². The summed E-state index contributed by atoms with van der Waals surface area (Å²) in [6.45, 7) is 4.66. The smallest absolute Gasteiger partial charge is 0.0590 e. The Morgan fingerprint density at radius 1 is 1.40 bits per heavy atom. The third-order valence-electron chi connectivity index (χ3n) is 1.53. The molecule has 1 fully saturated rings. The second-order valence-corrected chi connectivity index (χ2v) is 2.38. The summed E-state index contributed by atoms with van der Waals surface area (Å²) in [5.74, 6) is 0. The van der Waals surface area contributed by atoms with E-state index in [0.29, 0.717) is 0 Å². The van der Waals surface area contributed by atoms with Gasteiger partial charge in [-0.3, -0.25) is 15.5 Å². The van der Waals surface area contributed by atoms with Crippen LogP contribution in [0, 0.1) is 0 Å². The minimum Gasteiger partial charge on any atom is -0.383 e. The van der Waals surface area contributed by atoms with Gasteiger partial charge in [-0.15, -0.1) is 0 Å². The predicted octanol–water partition coefficient (Wildman–Crippen LogP) is -1.000. The van der Waals surface area contributed by atoms with Crippen molar-refractivity contribution in [2.75, 3.05) is 40.3 Å². The maximum absolute atomic E-state index is 4.95. The van der Waals surface area contributed by atoms with E-state index in [0.717, 1.165) is 33.2 Å². The van der Waals surface area contributed by atoms with Crippen molar-refractivity contribution in [2.24, 2.45) is 0 Å². The monoisotopic (exact) mass is 145 g/mol. The molecule has 60 valence electrons. The van der Waals surface area contributed by atoms with Crippen molar-refractivity contribution in [1.82, 2.24) is 15.5 Å². The number of nitrogens with zero attached hydrogens (tertiary/aromatic N) is 1. The lowest BCUT2D eigenvalue weighted by Gasteiger charge is -2.27. The Hall–Kier alpha value is -0.160. The molecule has 0 unspecified atom stereocenters. The Balaban J connectivity index is 2.02. The summed E-state index contributed by atoms with van der Waals surface area (Å²) in [5, 5.41) is 6.41. The Labute approximate surface area is 61.5 Å². The number of nitrogens with one attached hydrogen (secondary N) is 2. The van der Waals surface area contributed by atoms with E-state index in [4.69, 9.17) is 4.74 Å². The normalized spacial score (nSPS) is 21.3. The summed E-state index contributed by atoms with van der Waals surface area (Å²) in [6, 6.07) is 0. The van der Waals surface area contributed by atoms with Crippen LogP contribution in [-0.4, -0.2) is 45.2 Å². The molecule has 0 bridgehead atoms. The molecule has 0 saturated carbocycles. The summed E-state index contributed by atoms with van der Waals surface area (Å²) in [4.78, 5) is 2.26. The second-order valence-electron chi connectivity index (χ2n) is 2.38. The van der Waals surface area contributed by atoms with Crippen LogP contribution in [0.1, 0.15) is 0 Å². The van der Waals surface area contributed by atoms with E-state index in [1.807, 2.05) is 0 Å². The fraction of sp³-hybridized carbons (Fsp3) is 1.00. The molecule has 4 nitrogen and oxygen atoms in total. The van der Waals surface area contributed by atoms with Gasteiger partial charge in [-0.05, 0) is 0 Å². The first kappa shape index (κ1) is 7.94. The number of ether oxygens (including phenoxy) is 1. The third-order valence-corrected chi connectivity index (χ3v) is 1.53. The number of rotatable bonds is 3. The molecule has 0 radical (unpaired) electrons. The Kier molecular flexibility index (Phi) is 3.67.